The molecular formula is C23H29F3N6O2. The van der Waals surface area contributed by atoms with E-state index in [1.54, 1.807) is 17.0 Å². The highest BCUT2D eigenvalue weighted by Crippen LogP contribution is 2.28. The molecule has 0 saturated carbocycles. The summed E-state index contributed by atoms with van der Waals surface area (Å²) in [7, 11) is 1.46. The number of halogens is 3. The summed E-state index contributed by atoms with van der Waals surface area (Å²) in [5.74, 6) is 0.0306. The number of hydrogen-bond donors (Lipinski definition) is 5. The summed E-state index contributed by atoms with van der Waals surface area (Å²) >= 11 is 0. The van der Waals surface area contributed by atoms with Gasteiger partial charge >= 0.3 is 6.18 Å². The molecule has 11 heteroatoms. The first-order chi connectivity index (χ1) is 16.1. The Balaban J connectivity index is 1.79. The number of amidine groups is 1. The van der Waals surface area contributed by atoms with Gasteiger partial charge in [0.2, 0.25) is 5.91 Å². The molecule has 0 spiro atoms. The lowest BCUT2D eigenvalue weighted by atomic mass is 10.0. The summed E-state index contributed by atoms with van der Waals surface area (Å²) in [5.41, 5.74) is 0.545. The fourth-order valence-corrected chi connectivity index (χ4v) is 3.87. The van der Waals surface area contributed by atoms with E-state index in [0.29, 0.717) is 37.4 Å². The van der Waals surface area contributed by atoms with Crippen molar-refractivity contribution in [1.29, 1.82) is 10.8 Å². The third-order valence-corrected chi connectivity index (χ3v) is 5.71. The van der Waals surface area contributed by atoms with Gasteiger partial charge in [-0.3, -0.25) is 15.6 Å². The maximum Gasteiger partial charge on any atom is 0.433 e. The van der Waals surface area contributed by atoms with Gasteiger partial charge in [0.1, 0.15) is 11.5 Å². The zero-order chi connectivity index (χ0) is 24.9. The summed E-state index contributed by atoms with van der Waals surface area (Å²) in [6.45, 7) is 3.60. The standard InChI is InChI=1S/C23H29F3N6O2/c1-14(33)32-9-7-20(30-17-8-10-34-13-17)19(12-32)22(28)31-16-5-3-15(4-6-16)18(11-29-2)21(27)23(24,25)26/h3-6,11,17,27,29-30H,7-10,12-13H2,1-2H3,(H2,28,31)/b18-11-,27-21?. The highest BCUT2D eigenvalue weighted by Gasteiger charge is 2.37. The Kier molecular flexibility index (Phi) is 7.98. The van der Waals surface area contributed by atoms with Crippen LogP contribution in [0.4, 0.5) is 18.9 Å². The minimum atomic E-state index is -4.77. The molecule has 2 heterocycles. The maximum absolute atomic E-state index is 13.1. The van der Waals surface area contributed by atoms with Crippen LogP contribution in [0.1, 0.15) is 25.3 Å². The molecule has 2 aliphatic rings. The number of alkyl halides is 3. The number of benzene rings is 1. The highest BCUT2D eigenvalue weighted by atomic mass is 19.4. The average Bonchev–Trinajstić information content (AvgIpc) is 3.30. The molecule has 1 fully saturated rings. The van der Waals surface area contributed by atoms with Crippen LogP contribution in [0.5, 0.6) is 0 Å². The third-order valence-electron chi connectivity index (χ3n) is 5.71. The Morgan fingerprint density at radius 2 is 1.94 bits per heavy atom. The van der Waals surface area contributed by atoms with Crippen LogP contribution < -0.4 is 16.0 Å². The predicted octanol–water partition coefficient (Wildman–Crippen LogP) is 3.10. The molecule has 1 saturated heterocycles. The summed E-state index contributed by atoms with van der Waals surface area (Å²) in [5, 5.41) is 25.1. The van der Waals surface area contributed by atoms with Crippen molar-refractivity contribution < 1.29 is 22.7 Å². The Bertz CT molecular complexity index is 995. The van der Waals surface area contributed by atoms with Crippen molar-refractivity contribution in [2.45, 2.75) is 32.0 Å². The maximum atomic E-state index is 13.1. The number of ether oxygens (including phenoxy) is 1. The second kappa shape index (κ2) is 10.7. The van der Waals surface area contributed by atoms with Gasteiger partial charge in [0, 0.05) is 62.3 Å². The number of carbonyl (C=O) groups excluding carboxylic acids is 1. The van der Waals surface area contributed by atoms with Gasteiger partial charge in [0.25, 0.3) is 0 Å². The summed E-state index contributed by atoms with van der Waals surface area (Å²) in [4.78, 5) is 13.6. The number of amides is 1. The van der Waals surface area contributed by atoms with Gasteiger partial charge in [-0.25, -0.2) is 0 Å². The monoisotopic (exact) mass is 478 g/mol. The van der Waals surface area contributed by atoms with Gasteiger partial charge in [-0.1, -0.05) is 12.1 Å². The number of nitrogens with zero attached hydrogens (tertiary/aromatic N) is 1. The zero-order valence-electron chi connectivity index (χ0n) is 19.1. The molecule has 0 aromatic heterocycles. The Labute approximate surface area is 196 Å². The molecule has 0 aliphatic carbocycles. The topological polar surface area (TPSA) is 113 Å². The SMILES string of the molecule is CN/C=C(\C(=N)C(F)(F)F)c1ccc(NC(=N)C2=C(NC3CCOC3)CCN(C(C)=O)C2)cc1. The van der Waals surface area contributed by atoms with Gasteiger partial charge in [0.05, 0.1) is 19.2 Å². The fourth-order valence-electron chi connectivity index (χ4n) is 3.87. The average molecular weight is 479 g/mol. The third kappa shape index (κ3) is 6.16. The summed E-state index contributed by atoms with van der Waals surface area (Å²) < 4.78 is 44.6. The predicted molar refractivity (Wildman–Crippen MR) is 125 cm³/mol. The molecule has 0 bridgehead atoms. The second-order valence-corrected chi connectivity index (χ2v) is 8.15. The van der Waals surface area contributed by atoms with Gasteiger partial charge in [-0.2, -0.15) is 13.2 Å². The van der Waals surface area contributed by atoms with Crippen molar-refractivity contribution in [1.82, 2.24) is 15.5 Å². The van der Waals surface area contributed by atoms with Gasteiger partial charge in [-0.05, 0) is 24.1 Å². The fraction of sp³-hybridized carbons (Fsp3) is 0.435. The summed E-state index contributed by atoms with van der Waals surface area (Å²) in [6, 6.07) is 6.20. The molecular weight excluding hydrogens is 449 g/mol. The molecule has 5 N–H and O–H groups in total. The van der Waals surface area contributed by atoms with Gasteiger partial charge in [0.15, 0.2) is 0 Å². The van der Waals surface area contributed by atoms with E-state index in [4.69, 9.17) is 15.6 Å². The second-order valence-electron chi connectivity index (χ2n) is 8.15. The lowest BCUT2D eigenvalue weighted by Crippen LogP contribution is -2.42. The number of rotatable bonds is 7. The lowest BCUT2D eigenvalue weighted by molar-refractivity contribution is -0.128. The van der Waals surface area contributed by atoms with Crippen LogP contribution in [0.3, 0.4) is 0 Å². The first kappa shape index (κ1) is 25.3. The van der Waals surface area contributed by atoms with Crippen molar-refractivity contribution in [2.75, 3.05) is 38.7 Å². The van der Waals surface area contributed by atoms with Crippen molar-refractivity contribution in [2.24, 2.45) is 0 Å². The van der Waals surface area contributed by atoms with E-state index in [1.165, 1.54) is 26.1 Å². The molecule has 184 valence electrons. The van der Waals surface area contributed by atoms with Crippen LogP contribution in [0, 0.1) is 10.8 Å². The van der Waals surface area contributed by atoms with E-state index in [9.17, 15) is 18.0 Å². The normalized spacial score (nSPS) is 19.1. The van der Waals surface area contributed by atoms with Crippen LogP contribution in [-0.2, 0) is 9.53 Å². The van der Waals surface area contributed by atoms with Crippen LogP contribution in [0.2, 0.25) is 0 Å². The molecule has 1 atom stereocenters. The van der Waals surface area contributed by atoms with Crippen molar-refractivity contribution in [3.63, 3.8) is 0 Å². The van der Waals surface area contributed by atoms with Gasteiger partial charge in [-0.15, -0.1) is 0 Å². The van der Waals surface area contributed by atoms with Gasteiger partial charge < -0.3 is 25.6 Å². The van der Waals surface area contributed by atoms with Crippen LogP contribution in [-0.4, -0.2) is 67.9 Å². The number of hydrogen-bond acceptors (Lipinski definition) is 6. The molecule has 8 nitrogen and oxygen atoms in total. The van der Waals surface area contributed by atoms with E-state index < -0.39 is 11.9 Å². The smallest absolute Gasteiger partial charge is 0.393 e. The molecule has 1 amide bonds. The molecule has 34 heavy (non-hydrogen) atoms. The molecule has 1 unspecified atom stereocenters. The molecule has 1 aromatic carbocycles. The van der Waals surface area contributed by atoms with Crippen LogP contribution in [0.15, 0.2) is 41.7 Å². The molecule has 2 aliphatic heterocycles. The lowest BCUT2D eigenvalue weighted by Gasteiger charge is -2.32. The summed E-state index contributed by atoms with van der Waals surface area (Å²) in [6.07, 6.45) is -2.18. The van der Waals surface area contributed by atoms with E-state index in [1.807, 2.05) is 0 Å². The van der Waals surface area contributed by atoms with E-state index in [-0.39, 0.29) is 35.5 Å². The van der Waals surface area contributed by atoms with E-state index in [2.05, 4.69) is 16.0 Å². The molecule has 1 aromatic rings. The van der Waals surface area contributed by atoms with Crippen LogP contribution in [0.25, 0.3) is 5.57 Å². The zero-order valence-corrected chi connectivity index (χ0v) is 19.1. The minimum Gasteiger partial charge on any atom is -0.393 e. The van der Waals surface area contributed by atoms with E-state index in [0.717, 1.165) is 18.3 Å². The number of anilines is 1. The number of allylic oxidation sites excluding steroid dienone is 1. The first-order valence-corrected chi connectivity index (χ1v) is 10.9. The van der Waals surface area contributed by atoms with E-state index >= 15 is 0 Å². The molecule has 0 radical (unpaired) electrons. The molecule has 3 rings (SSSR count). The first-order valence-electron chi connectivity index (χ1n) is 10.9. The van der Waals surface area contributed by atoms with Crippen molar-refractivity contribution >= 4 is 28.7 Å². The highest BCUT2D eigenvalue weighted by molar-refractivity contribution is 6.24. The van der Waals surface area contributed by atoms with Crippen molar-refractivity contribution in [3.05, 3.63) is 47.3 Å². The quantitative estimate of drug-likeness (QED) is 0.305. The largest absolute Gasteiger partial charge is 0.433 e. The van der Waals surface area contributed by atoms with Crippen molar-refractivity contribution in [3.8, 4) is 0 Å². The minimum absolute atomic E-state index is 0.0751. The Morgan fingerprint density at radius 1 is 1.24 bits per heavy atom. The number of nitrogens with one attached hydrogen (secondary N) is 5. The number of carbonyl (C=O) groups is 1. The van der Waals surface area contributed by atoms with Crippen LogP contribution >= 0.6 is 0 Å². The Hall–Kier alpha value is -3.34. The Morgan fingerprint density at radius 3 is 2.50 bits per heavy atom.